The fraction of sp³-hybridized carbons (Fsp3) is 0.231. The second-order valence-electron chi connectivity index (χ2n) is 4.17. The summed E-state index contributed by atoms with van der Waals surface area (Å²) in [5.74, 6) is -2.25. The van der Waals surface area contributed by atoms with E-state index in [1.54, 1.807) is 0 Å². The Hall–Kier alpha value is -2.18. The van der Waals surface area contributed by atoms with E-state index in [-0.39, 0.29) is 29.7 Å². The van der Waals surface area contributed by atoms with Crippen molar-refractivity contribution in [1.82, 2.24) is 0 Å². The average molecular weight is 264 g/mol. The van der Waals surface area contributed by atoms with Gasteiger partial charge in [0.25, 0.3) is 0 Å². The highest BCUT2D eigenvalue weighted by Crippen LogP contribution is 2.35. The third-order valence-electron chi connectivity index (χ3n) is 2.95. The maximum Gasteiger partial charge on any atom is 0.196 e. The Morgan fingerprint density at radius 3 is 2.21 bits per heavy atom. The summed E-state index contributed by atoms with van der Waals surface area (Å²) < 4.78 is 0. The van der Waals surface area contributed by atoms with E-state index in [1.165, 1.54) is 0 Å². The first-order chi connectivity index (χ1) is 8.97. The van der Waals surface area contributed by atoms with E-state index in [9.17, 15) is 24.9 Å². The number of allylic oxidation sites excluding steroid dienone is 1. The highest BCUT2D eigenvalue weighted by molar-refractivity contribution is 6.26. The van der Waals surface area contributed by atoms with Crippen LogP contribution < -0.4 is 0 Å². The fourth-order valence-corrected chi connectivity index (χ4v) is 2.01. The van der Waals surface area contributed by atoms with Crippen LogP contribution in [-0.4, -0.2) is 44.7 Å². The zero-order valence-corrected chi connectivity index (χ0v) is 9.83. The molecule has 0 heterocycles. The third-order valence-corrected chi connectivity index (χ3v) is 2.95. The summed E-state index contributed by atoms with van der Waals surface area (Å²) in [5.41, 5.74) is -0.795. The van der Waals surface area contributed by atoms with Gasteiger partial charge in [0, 0.05) is 18.6 Å². The van der Waals surface area contributed by atoms with Crippen LogP contribution in [0.3, 0.4) is 0 Å². The zero-order valence-electron chi connectivity index (χ0n) is 9.83. The van der Waals surface area contributed by atoms with E-state index in [4.69, 9.17) is 5.11 Å². The molecule has 1 aliphatic rings. The van der Waals surface area contributed by atoms with Crippen molar-refractivity contribution in [3.8, 4) is 11.5 Å². The van der Waals surface area contributed by atoms with Crippen LogP contribution in [0.2, 0.25) is 0 Å². The summed E-state index contributed by atoms with van der Waals surface area (Å²) in [6.07, 6.45) is -0.472. The standard InChI is InChI=1S/C13H12O6/c14-4-3-7(15)6-5-10(18)11-8(16)1-2-9(17)12(11)13(6)19/h1-2,5,7,14-17H,3-4H2. The maximum absolute atomic E-state index is 12.1. The van der Waals surface area contributed by atoms with Gasteiger partial charge < -0.3 is 20.4 Å². The van der Waals surface area contributed by atoms with E-state index >= 15 is 0 Å². The molecule has 6 heteroatoms. The van der Waals surface area contributed by atoms with Crippen molar-refractivity contribution in [3.63, 3.8) is 0 Å². The first-order valence-electron chi connectivity index (χ1n) is 5.61. The minimum Gasteiger partial charge on any atom is -0.507 e. The summed E-state index contributed by atoms with van der Waals surface area (Å²) in [6, 6.07) is 2.21. The summed E-state index contributed by atoms with van der Waals surface area (Å²) in [4.78, 5) is 24.0. The van der Waals surface area contributed by atoms with E-state index in [0.29, 0.717) is 0 Å². The molecular weight excluding hydrogens is 252 g/mol. The van der Waals surface area contributed by atoms with Gasteiger partial charge in [-0.1, -0.05) is 0 Å². The summed E-state index contributed by atoms with van der Waals surface area (Å²) in [6.45, 7) is -0.348. The van der Waals surface area contributed by atoms with E-state index < -0.39 is 29.2 Å². The van der Waals surface area contributed by atoms with Gasteiger partial charge in [0.05, 0.1) is 17.2 Å². The molecule has 0 saturated carbocycles. The van der Waals surface area contributed by atoms with Gasteiger partial charge in [-0.25, -0.2) is 0 Å². The number of phenols is 2. The smallest absolute Gasteiger partial charge is 0.196 e. The summed E-state index contributed by atoms with van der Waals surface area (Å²) >= 11 is 0. The molecule has 19 heavy (non-hydrogen) atoms. The molecule has 0 bridgehead atoms. The molecule has 0 fully saturated rings. The summed E-state index contributed by atoms with van der Waals surface area (Å²) in [5, 5.41) is 37.7. The van der Waals surface area contributed by atoms with Crippen LogP contribution in [0.4, 0.5) is 0 Å². The van der Waals surface area contributed by atoms with Crippen molar-refractivity contribution in [2.24, 2.45) is 0 Å². The molecular formula is C13H12O6. The van der Waals surface area contributed by atoms with Crippen molar-refractivity contribution < 1.29 is 30.0 Å². The molecule has 1 aromatic carbocycles. The largest absolute Gasteiger partial charge is 0.507 e. The monoisotopic (exact) mass is 264 g/mol. The van der Waals surface area contributed by atoms with Crippen LogP contribution in [0.15, 0.2) is 23.8 Å². The van der Waals surface area contributed by atoms with Crippen molar-refractivity contribution >= 4 is 11.6 Å². The van der Waals surface area contributed by atoms with Gasteiger partial charge in [-0.15, -0.1) is 0 Å². The quantitative estimate of drug-likeness (QED) is 0.577. The Labute approximate surface area is 108 Å². The first-order valence-corrected chi connectivity index (χ1v) is 5.61. The number of phenolic OH excluding ortho intramolecular Hbond substituents is 2. The molecule has 4 N–H and O–H groups in total. The summed E-state index contributed by atoms with van der Waals surface area (Å²) in [7, 11) is 0. The number of Topliss-reactive ketones (excluding diaryl/α,β-unsaturated/α-hetero) is 1. The van der Waals surface area contributed by atoms with Gasteiger partial charge in [-0.2, -0.15) is 0 Å². The predicted molar refractivity (Wildman–Crippen MR) is 64.2 cm³/mol. The fourth-order valence-electron chi connectivity index (χ4n) is 2.01. The van der Waals surface area contributed by atoms with Crippen molar-refractivity contribution in [2.45, 2.75) is 12.5 Å². The minimum absolute atomic E-state index is 0.0975. The maximum atomic E-state index is 12.1. The number of fused-ring (bicyclic) bond motifs is 1. The van der Waals surface area contributed by atoms with Gasteiger partial charge in [-0.05, 0) is 18.2 Å². The molecule has 0 amide bonds. The molecule has 1 aromatic rings. The second kappa shape index (κ2) is 4.83. The number of aromatic hydroxyl groups is 2. The average Bonchev–Trinajstić information content (AvgIpc) is 2.36. The number of ketones is 2. The van der Waals surface area contributed by atoms with Crippen LogP contribution in [0.25, 0.3) is 0 Å². The molecule has 0 aliphatic heterocycles. The molecule has 0 aromatic heterocycles. The van der Waals surface area contributed by atoms with E-state index in [1.807, 2.05) is 0 Å². The lowest BCUT2D eigenvalue weighted by atomic mass is 9.85. The van der Waals surface area contributed by atoms with Gasteiger partial charge in [0.2, 0.25) is 0 Å². The van der Waals surface area contributed by atoms with Gasteiger partial charge >= 0.3 is 0 Å². The number of aliphatic hydroxyl groups excluding tert-OH is 2. The third kappa shape index (κ3) is 2.11. The lowest BCUT2D eigenvalue weighted by Gasteiger charge is -2.20. The van der Waals surface area contributed by atoms with E-state index in [0.717, 1.165) is 18.2 Å². The number of benzene rings is 1. The molecule has 2 rings (SSSR count). The SMILES string of the molecule is O=C1C=C(C(O)CCO)C(=O)c2c(O)ccc(O)c21. The van der Waals surface area contributed by atoms with Crippen molar-refractivity contribution in [1.29, 1.82) is 0 Å². The van der Waals surface area contributed by atoms with E-state index in [2.05, 4.69) is 0 Å². The normalized spacial score (nSPS) is 16.0. The van der Waals surface area contributed by atoms with Crippen LogP contribution in [0.5, 0.6) is 11.5 Å². The van der Waals surface area contributed by atoms with Crippen LogP contribution >= 0.6 is 0 Å². The number of hydrogen-bond donors (Lipinski definition) is 4. The Morgan fingerprint density at radius 2 is 1.63 bits per heavy atom. The first kappa shape index (κ1) is 13.3. The predicted octanol–water partition coefficient (Wildman–Crippen LogP) is 0.147. The highest BCUT2D eigenvalue weighted by atomic mass is 16.3. The number of rotatable bonds is 3. The topological polar surface area (TPSA) is 115 Å². The molecule has 0 radical (unpaired) electrons. The van der Waals surface area contributed by atoms with Crippen molar-refractivity contribution in [3.05, 3.63) is 34.9 Å². The minimum atomic E-state index is -1.30. The van der Waals surface area contributed by atoms with Crippen LogP contribution in [0, 0.1) is 0 Å². The lowest BCUT2D eigenvalue weighted by Crippen LogP contribution is -2.26. The molecule has 0 saturated heterocycles. The van der Waals surface area contributed by atoms with Crippen LogP contribution in [-0.2, 0) is 0 Å². The van der Waals surface area contributed by atoms with Gasteiger partial charge in [0.15, 0.2) is 11.6 Å². The van der Waals surface area contributed by atoms with Gasteiger partial charge in [0.1, 0.15) is 11.5 Å². The number of carbonyl (C=O) groups is 2. The lowest BCUT2D eigenvalue weighted by molar-refractivity contribution is 0.0924. The highest BCUT2D eigenvalue weighted by Gasteiger charge is 2.33. The Kier molecular flexibility index (Phi) is 3.37. The Morgan fingerprint density at radius 1 is 1.05 bits per heavy atom. The zero-order chi connectivity index (χ0) is 14.2. The van der Waals surface area contributed by atoms with Crippen LogP contribution in [0.1, 0.15) is 27.1 Å². The second-order valence-corrected chi connectivity index (χ2v) is 4.17. The number of hydrogen-bond acceptors (Lipinski definition) is 6. The molecule has 1 aliphatic carbocycles. The van der Waals surface area contributed by atoms with Gasteiger partial charge in [-0.3, -0.25) is 9.59 Å². The number of carbonyl (C=O) groups excluding carboxylic acids is 2. The Balaban J connectivity index is 2.56. The molecule has 1 atom stereocenters. The molecule has 1 unspecified atom stereocenters. The molecule has 100 valence electrons. The number of aliphatic hydroxyl groups is 2. The van der Waals surface area contributed by atoms with Crippen molar-refractivity contribution in [2.75, 3.05) is 6.61 Å². The molecule has 6 nitrogen and oxygen atoms in total. The Bertz CT molecular complexity index is 587. The molecule has 0 spiro atoms.